The molecular formula is C25H26N4O2. The smallest absolute Gasteiger partial charge is 0.253 e. The maximum absolute atomic E-state index is 13.1. The minimum atomic E-state index is -0.259. The number of aromatic nitrogens is 2. The summed E-state index contributed by atoms with van der Waals surface area (Å²) in [6.07, 6.45) is 4.45. The van der Waals surface area contributed by atoms with E-state index in [2.05, 4.69) is 15.3 Å². The molecule has 2 heterocycles. The number of hydrogen-bond acceptors (Lipinski definition) is 4. The van der Waals surface area contributed by atoms with Gasteiger partial charge in [-0.25, -0.2) is 9.97 Å². The number of nitrogens with one attached hydrogen (secondary N) is 1. The van der Waals surface area contributed by atoms with Gasteiger partial charge in [0.25, 0.3) is 11.8 Å². The number of carbonyl (C=O) groups excluding carboxylic acids is 2. The molecule has 3 aromatic rings. The number of benzene rings is 2. The standard InChI is InChI=1S/C25H26N4O2/c1-16-5-7-19(8-6-16)20-11-21(13-22(12-20)25(31)29-9-4-10-29)24(30)28-17(2)23-14-26-18(3)27-15-23/h5-8,11-15,17H,4,9-10H2,1-3H3,(H,28,30)/t17-/m1/s1. The van der Waals surface area contributed by atoms with Gasteiger partial charge in [0, 0.05) is 42.2 Å². The molecule has 158 valence electrons. The average molecular weight is 415 g/mol. The second-order valence-electron chi connectivity index (χ2n) is 8.07. The molecule has 1 saturated heterocycles. The van der Waals surface area contributed by atoms with Gasteiger partial charge in [0.05, 0.1) is 6.04 Å². The lowest BCUT2D eigenvalue weighted by molar-refractivity contribution is 0.0652. The molecule has 6 heteroatoms. The summed E-state index contributed by atoms with van der Waals surface area (Å²) < 4.78 is 0. The maximum Gasteiger partial charge on any atom is 0.253 e. The van der Waals surface area contributed by atoms with E-state index in [1.165, 1.54) is 0 Å². The van der Waals surface area contributed by atoms with E-state index < -0.39 is 0 Å². The quantitative estimate of drug-likeness (QED) is 0.682. The lowest BCUT2D eigenvalue weighted by Gasteiger charge is -2.31. The normalized spacial score (nSPS) is 14.0. The van der Waals surface area contributed by atoms with Crippen LogP contribution in [0.25, 0.3) is 11.1 Å². The van der Waals surface area contributed by atoms with Crippen molar-refractivity contribution < 1.29 is 9.59 Å². The Morgan fingerprint density at radius 2 is 1.58 bits per heavy atom. The van der Waals surface area contributed by atoms with Crippen LogP contribution in [-0.2, 0) is 0 Å². The molecule has 0 aliphatic carbocycles. The molecule has 0 spiro atoms. The van der Waals surface area contributed by atoms with Gasteiger partial charge in [-0.05, 0) is 56.5 Å². The lowest BCUT2D eigenvalue weighted by atomic mass is 9.97. The Kier molecular flexibility index (Phi) is 5.80. The average Bonchev–Trinajstić information content (AvgIpc) is 2.73. The molecule has 6 nitrogen and oxygen atoms in total. The van der Waals surface area contributed by atoms with E-state index in [9.17, 15) is 9.59 Å². The molecule has 31 heavy (non-hydrogen) atoms. The van der Waals surface area contributed by atoms with E-state index in [0.717, 1.165) is 41.8 Å². The number of amides is 2. The molecule has 2 amide bonds. The summed E-state index contributed by atoms with van der Waals surface area (Å²) >= 11 is 0. The molecule has 1 aliphatic rings. The zero-order valence-corrected chi connectivity index (χ0v) is 18.1. The minimum absolute atomic E-state index is 0.0331. The van der Waals surface area contributed by atoms with Crippen molar-refractivity contribution in [3.63, 3.8) is 0 Å². The van der Waals surface area contributed by atoms with E-state index in [1.54, 1.807) is 18.5 Å². The second-order valence-corrected chi connectivity index (χ2v) is 8.07. The monoisotopic (exact) mass is 414 g/mol. The Labute approximate surface area is 182 Å². The van der Waals surface area contributed by atoms with E-state index in [4.69, 9.17) is 0 Å². The first-order valence-corrected chi connectivity index (χ1v) is 10.5. The lowest BCUT2D eigenvalue weighted by Crippen LogP contribution is -2.42. The number of hydrogen-bond donors (Lipinski definition) is 1. The Morgan fingerprint density at radius 1 is 0.935 bits per heavy atom. The summed E-state index contributed by atoms with van der Waals surface area (Å²) in [6, 6.07) is 13.2. The van der Waals surface area contributed by atoms with Gasteiger partial charge >= 0.3 is 0 Å². The zero-order chi connectivity index (χ0) is 22.0. The first kappa shape index (κ1) is 20.7. The van der Waals surface area contributed by atoms with E-state index >= 15 is 0 Å². The summed E-state index contributed by atoms with van der Waals surface area (Å²) in [5.41, 5.74) is 4.80. The minimum Gasteiger partial charge on any atom is -0.345 e. The number of rotatable bonds is 5. The van der Waals surface area contributed by atoms with Crippen LogP contribution in [0.5, 0.6) is 0 Å². The predicted molar refractivity (Wildman–Crippen MR) is 120 cm³/mol. The number of carbonyl (C=O) groups is 2. The van der Waals surface area contributed by atoms with Crippen LogP contribution in [0.3, 0.4) is 0 Å². The molecule has 1 atom stereocenters. The van der Waals surface area contributed by atoms with Crippen LogP contribution >= 0.6 is 0 Å². The van der Waals surface area contributed by atoms with Gasteiger partial charge in [0.15, 0.2) is 0 Å². The molecule has 0 saturated carbocycles. The van der Waals surface area contributed by atoms with Crippen LogP contribution in [0, 0.1) is 13.8 Å². The third-order valence-corrected chi connectivity index (χ3v) is 5.62. The van der Waals surface area contributed by atoms with Crippen molar-refractivity contribution in [2.75, 3.05) is 13.1 Å². The fraction of sp³-hybridized carbons (Fsp3) is 0.280. The van der Waals surface area contributed by atoms with Crippen molar-refractivity contribution in [1.82, 2.24) is 20.2 Å². The SMILES string of the molecule is Cc1ccc(-c2cc(C(=O)N[C@H](C)c3cnc(C)nc3)cc(C(=O)N3CCC3)c2)cc1. The first-order valence-electron chi connectivity index (χ1n) is 10.5. The third-order valence-electron chi connectivity index (χ3n) is 5.62. The van der Waals surface area contributed by atoms with Crippen molar-refractivity contribution in [3.8, 4) is 11.1 Å². The van der Waals surface area contributed by atoms with Crippen LogP contribution in [-0.4, -0.2) is 39.8 Å². The highest BCUT2D eigenvalue weighted by molar-refractivity contribution is 6.01. The molecule has 2 aromatic carbocycles. The number of likely N-dealkylation sites (tertiary alicyclic amines) is 1. The van der Waals surface area contributed by atoms with Crippen molar-refractivity contribution in [2.24, 2.45) is 0 Å². The van der Waals surface area contributed by atoms with Gasteiger partial charge in [-0.3, -0.25) is 9.59 Å². The van der Waals surface area contributed by atoms with Crippen LogP contribution < -0.4 is 5.32 Å². The highest BCUT2D eigenvalue weighted by atomic mass is 16.2. The molecular weight excluding hydrogens is 388 g/mol. The maximum atomic E-state index is 13.1. The number of nitrogens with zero attached hydrogens (tertiary/aromatic N) is 3. The first-order chi connectivity index (χ1) is 14.9. The van der Waals surface area contributed by atoms with Crippen molar-refractivity contribution in [2.45, 2.75) is 33.2 Å². The van der Waals surface area contributed by atoms with E-state index in [-0.39, 0.29) is 17.9 Å². The summed E-state index contributed by atoms with van der Waals surface area (Å²) in [6.45, 7) is 7.27. The summed E-state index contributed by atoms with van der Waals surface area (Å²) in [5.74, 6) is 0.413. The van der Waals surface area contributed by atoms with Gasteiger partial charge in [0.1, 0.15) is 5.82 Å². The van der Waals surface area contributed by atoms with Gasteiger partial charge in [0.2, 0.25) is 0 Å². The van der Waals surface area contributed by atoms with Gasteiger partial charge < -0.3 is 10.2 Å². The van der Waals surface area contributed by atoms with Crippen molar-refractivity contribution in [3.05, 3.63) is 82.9 Å². The van der Waals surface area contributed by atoms with E-state index in [0.29, 0.717) is 17.0 Å². The second kappa shape index (κ2) is 8.68. The van der Waals surface area contributed by atoms with Crippen LogP contribution in [0.4, 0.5) is 0 Å². The van der Waals surface area contributed by atoms with Gasteiger partial charge in [-0.2, -0.15) is 0 Å². The highest BCUT2D eigenvalue weighted by Crippen LogP contribution is 2.25. The summed E-state index contributed by atoms with van der Waals surface area (Å²) in [4.78, 5) is 36.2. The van der Waals surface area contributed by atoms with Crippen molar-refractivity contribution >= 4 is 11.8 Å². The van der Waals surface area contributed by atoms with E-state index in [1.807, 2.05) is 62.1 Å². The Bertz CT molecular complexity index is 1100. The van der Waals surface area contributed by atoms with Crippen LogP contribution in [0.1, 0.15) is 57.1 Å². The molecule has 1 fully saturated rings. The summed E-state index contributed by atoms with van der Waals surface area (Å²) in [5, 5.41) is 3.00. The fourth-order valence-electron chi connectivity index (χ4n) is 3.49. The molecule has 1 aromatic heterocycles. The predicted octanol–water partition coefficient (Wildman–Crippen LogP) is 4.10. The van der Waals surface area contributed by atoms with Crippen molar-refractivity contribution in [1.29, 1.82) is 0 Å². The molecule has 0 unspecified atom stereocenters. The Morgan fingerprint density at radius 3 is 2.19 bits per heavy atom. The topological polar surface area (TPSA) is 75.2 Å². The highest BCUT2D eigenvalue weighted by Gasteiger charge is 2.23. The molecule has 1 aliphatic heterocycles. The molecule has 4 rings (SSSR count). The Hall–Kier alpha value is -3.54. The van der Waals surface area contributed by atoms with Gasteiger partial charge in [-0.15, -0.1) is 0 Å². The zero-order valence-electron chi connectivity index (χ0n) is 18.1. The van der Waals surface area contributed by atoms with Crippen LogP contribution in [0.2, 0.25) is 0 Å². The van der Waals surface area contributed by atoms with Gasteiger partial charge in [-0.1, -0.05) is 29.8 Å². The third kappa shape index (κ3) is 4.63. The fourth-order valence-corrected chi connectivity index (χ4v) is 3.49. The number of aryl methyl sites for hydroxylation is 2. The molecule has 1 N–H and O–H groups in total. The largest absolute Gasteiger partial charge is 0.345 e. The molecule has 0 radical (unpaired) electrons. The summed E-state index contributed by atoms with van der Waals surface area (Å²) in [7, 11) is 0. The Balaban J connectivity index is 1.65. The van der Waals surface area contributed by atoms with Crippen LogP contribution in [0.15, 0.2) is 54.9 Å². The molecule has 0 bridgehead atoms.